The van der Waals surface area contributed by atoms with Crippen LogP contribution in [0.5, 0.6) is 5.75 Å². The summed E-state index contributed by atoms with van der Waals surface area (Å²) in [5, 5.41) is 3.16. The number of halogens is 3. The van der Waals surface area contributed by atoms with Crippen molar-refractivity contribution in [1.82, 2.24) is 0 Å². The van der Waals surface area contributed by atoms with Crippen LogP contribution in [0.4, 0.5) is 10.1 Å². The first-order valence-corrected chi connectivity index (χ1v) is 7.31. The molecule has 0 bridgehead atoms. The van der Waals surface area contributed by atoms with Crippen LogP contribution >= 0.6 is 31.9 Å². The summed E-state index contributed by atoms with van der Waals surface area (Å²) in [5.41, 5.74) is 0.854. The van der Waals surface area contributed by atoms with Gasteiger partial charge in [-0.15, -0.1) is 0 Å². The number of anilines is 1. The molecule has 0 saturated carbocycles. The Hall–Kier alpha value is -1.07. The van der Waals surface area contributed by atoms with E-state index in [9.17, 15) is 4.39 Å². The molecule has 2 aromatic rings. The maximum atomic E-state index is 13.0. The maximum Gasteiger partial charge on any atom is 0.137 e. The van der Waals surface area contributed by atoms with E-state index in [1.54, 1.807) is 12.1 Å². The molecule has 0 aromatic heterocycles. The molecule has 100 valence electrons. The highest BCUT2D eigenvalue weighted by Gasteiger charge is 2.00. The molecule has 2 aromatic carbocycles. The van der Waals surface area contributed by atoms with E-state index in [-0.39, 0.29) is 5.82 Å². The molecule has 19 heavy (non-hydrogen) atoms. The van der Waals surface area contributed by atoms with E-state index in [0.717, 1.165) is 15.9 Å². The fourth-order valence-electron chi connectivity index (χ4n) is 1.50. The van der Waals surface area contributed by atoms with Crippen LogP contribution in [0.15, 0.2) is 51.4 Å². The molecule has 1 N–H and O–H groups in total. The van der Waals surface area contributed by atoms with Gasteiger partial charge in [-0.2, -0.15) is 0 Å². The number of rotatable bonds is 5. The molecule has 0 spiro atoms. The van der Waals surface area contributed by atoms with Crippen molar-refractivity contribution >= 4 is 37.5 Å². The minimum absolute atomic E-state index is 0.267. The van der Waals surface area contributed by atoms with Crippen molar-refractivity contribution in [3.05, 3.63) is 57.2 Å². The second kappa shape index (κ2) is 6.91. The molecule has 0 aliphatic carbocycles. The van der Waals surface area contributed by atoms with Crippen LogP contribution in [0.2, 0.25) is 0 Å². The number of hydrogen-bond acceptors (Lipinski definition) is 2. The summed E-state index contributed by atoms with van der Waals surface area (Å²) in [6.45, 7) is 1.19. The molecule has 2 nitrogen and oxygen atoms in total. The van der Waals surface area contributed by atoms with Crippen LogP contribution in [0.25, 0.3) is 0 Å². The van der Waals surface area contributed by atoms with Crippen molar-refractivity contribution in [3.63, 3.8) is 0 Å². The Balaban J connectivity index is 1.77. The summed E-state index contributed by atoms with van der Waals surface area (Å²) < 4.78 is 20.1. The topological polar surface area (TPSA) is 21.3 Å². The Morgan fingerprint density at radius 1 is 1.05 bits per heavy atom. The third kappa shape index (κ3) is 4.51. The van der Waals surface area contributed by atoms with Gasteiger partial charge in [0, 0.05) is 16.7 Å². The van der Waals surface area contributed by atoms with Gasteiger partial charge in [-0.05, 0) is 58.4 Å². The van der Waals surface area contributed by atoms with Gasteiger partial charge in [0.25, 0.3) is 0 Å². The largest absolute Gasteiger partial charge is 0.492 e. The fraction of sp³-hybridized carbons (Fsp3) is 0.143. The van der Waals surface area contributed by atoms with Crippen molar-refractivity contribution in [2.24, 2.45) is 0 Å². The summed E-state index contributed by atoms with van der Waals surface area (Å²) >= 11 is 6.52. The average molecular weight is 389 g/mol. The summed E-state index contributed by atoms with van der Waals surface area (Å²) in [6, 6.07) is 12.5. The molecule has 5 heteroatoms. The van der Waals surface area contributed by atoms with Crippen molar-refractivity contribution < 1.29 is 9.13 Å². The lowest BCUT2D eigenvalue weighted by atomic mass is 10.3. The average Bonchev–Trinajstić information content (AvgIpc) is 2.41. The van der Waals surface area contributed by atoms with Crippen LogP contribution < -0.4 is 10.1 Å². The molecule has 0 aliphatic heterocycles. The number of ether oxygens (including phenoxy) is 1. The quantitative estimate of drug-likeness (QED) is 0.740. The van der Waals surface area contributed by atoms with Crippen LogP contribution in [-0.2, 0) is 0 Å². The normalized spacial score (nSPS) is 10.3. The first-order chi connectivity index (χ1) is 9.15. The van der Waals surface area contributed by atoms with E-state index in [0.29, 0.717) is 17.6 Å². The predicted octanol–water partition coefficient (Wildman–Crippen LogP) is 4.84. The van der Waals surface area contributed by atoms with Gasteiger partial charge in [0.15, 0.2) is 0 Å². The van der Waals surface area contributed by atoms with Crippen LogP contribution in [-0.4, -0.2) is 13.2 Å². The third-order valence-electron chi connectivity index (χ3n) is 2.43. The predicted molar refractivity (Wildman–Crippen MR) is 82.2 cm³/mol. The lowest BCUT2D eigenvalue weighted by Crippen LogP contribution is -2.11. The second-order valence-corrected chi connectivity index (χ2v) is 5.63. The molecule has 0 saturated heterocycles. The van der Waals surface area contributed by atoms with Crippen LogP contribution in [0.3, 0.4) is 0 Å². The summed E-state index contributed by atoms with van der Waals surface area (Å²) in [6.07, 6.45) is 0. The lowest BCUT2D eigenvalue weighted by molar-refractivity contribution is 0.333. The molecule has 0 heterocycles. The number of benzene rings is 2. The van der Waals surface area contributed by atoms with Crippen LogP contribution in [0, 0.1) is 5.82 Å². The van der Waals surface area contributed by atoms with E-state index in [1.165, 1.54) is 6.07 Å². The first kappa shape index (κ1) is 14.3. The van der Waals surface area contributed by atoms with Gasteiger partial charge in [-0.25, -0.2) is 4.39 Å². The summed E-state index contributed by atoms with van der Waals surface area (Å²) in [7, 11) is 0. The van der Waals surface area contributed by atoms with Gasteiger partial charge in [0.05, 0.1) is 4.47 Å². The van der Waals surface area contributed by atoms with E-state index in [1.807, 2.05) is 24.3 Å². The van der Waals surface area contributed by atoms with E-state index >= 15 is 0 Å². The number of nitrogens with one attached hydrogen (secondary N) is 1. The molecular formula is C14H12Br2FNO. The Bertz CT molecular complexity index is 546. The van der Waals surface area contributed by atoms with Crippen molar-refractivity contribution in [2.45, 2.75) is 0 Å². The minimum atomic E-state index is -0.267. The highest BCUT2D eigenvalue weighted by molar-refractivity contribution is 9.10. The zero-order chi connectivity index (χ0) is 13.7. The Morgan fingerprint density at radius 2 is 1.79 bits per heavy atom. The van der Waals surface area contributed by atoms with E-state index in [2.05, 4.69) is 37.2 Å². The van der Waals surface area contributed by atoms with Gasteiger partial charge in [0.1, 0.15) is 18.2 Å². The Morgan fingerprint density at radius 3 is 2.47 bits per heavy atom. The SMILES string of the molecule is Fc1ccc(NCCOc2ccc(Br)cc2)cc1Br. The summed E-state index contributed by atoms with van der Waals surface area (Å²) in [5.74, 6) is 0.557. The maximum absolute atomic E-state index is 13.0. The molecule has 0 amide bonds. The molecule has 2 rings (SSSR count). The third-order valence-corrected chi connectivity index (χ3v) is 3.57. The molecule has 0 unspecified atom stereocenters. The summed E-state index contributed by atoms with van der Waals surface area (Å²) in [4.78, 5) is 0. The zero-order valence-corrected chi connectivity index (χ0v) is 13.2. The van der Waals surface area contributed by atoms with E-state index < -0.39 is 0 Å². The Labute approximate surface area is 128 Å². The number of hydrogen-bond donors (Lipinski definition) is 1. The first-order valence-electron chi connectivity index (χ1n) is 5.72. The van der Waals surface area contributed by atoms with Gasteiger partial charge < -0.3 is 10.1 Å². The van der Waals surface area contributed by atoms with E-state index in [4.69, 9.17) is 4.74 Å². The highest BCUT2D eigenvalue weighted by Crippen LogP contribution is 2.20. The lowest BCUT2D eigenvalue weighted by Gasteiger charge is -2.09. The standard InChI is InChI=1S/C14H12Br2FNO/c15-10-1-4-12(5-2-10)19-8-7-18-11-3-6-14(17)13(16)9-11/h1-6,9,18H,7-8H2. The van der Waals surface area contributed by atoms with Crippen molar-refractivity contribution in [1.29, 1.82) is 0 Å². The van der Waals surface area contributed by atoms with Gasteiger partial charge in [-0.1, -0.05) is 15.9 Å². The second-order valence-electron chi connectivity index (χ2n) is 3.86. The van der Waals surface area contributed by atoms with Crippen molar-refractivity contribution in [3.8, 4) is 5.75 Å². The minimum Gasteiger partial charge on any atom is -0.492 e. The molecule has 0 atom stereocenters. The molecule has 0 radical (unpaired) electrons. The zero-order valence-electron chi connectivity index (χ0n) is 10.00. The Kier molecular flexibility index (Phi) is 5.22. The molecular weight excluding hydrogens is 377 g/mol. The van der Waals surface area contributed by atoms with Gasteiger partial charge in [0.2, 0.25) is 0 Å². The van der Waals surface area contributed by atoms with Gasteiger partial charge >= 0.3 is 0 Å². The fourth-order valence-corrected chi connectivity index (χ4v) is 2.14. The molecule has 0 aliphatic rings. The molecule has 0 fully saturated rings. The van der Waals surface area contributed by atoms with Crippen molar-refractivity contribution in [2.75, 3.05) is 18.5 Å². The monoisotopic (exact) mass is 387 g/mol. The van der Waals surface area contributed by atoms with Gasteiger partial charge in [-0.3, -0.25) is 0 Å². The van der Waals surface area contributed by atoms with Crippen LogP contribution in [0.1, 0.15) is 0 Å². The smallest absolute Gasteiger partial charge is 0.137 e. The highest BCUT2D eigenvalue weighted by atomic mass is 79.9.